The van der Waals surface area contributed by atoms with Crippen LogP contribution in [0, 0.1) is 21.4 Å². The summed E-state index contributed by atoms with van der Waals surface area (Å²) in [5.41, 5.74) is 6.16. The molecule has 0 spiro atoms. The van der Waals surface area contributed by atoms with Crippen LogP contribution in [0.3, 0.4) is 0 Å². The van der Waals surface area contributed by atoms with Crippen molar-refractivity contribution in [2.24, 2.45) is 0 Å². The summed E-state index contributed by atoms with van der Waals surface area (Å²) in [6, 6.07) is 7.79. The Morgan fingerprint density at radius 2 is 2.29 bits per heavy atom. The third-order valence-corrected chi connectivity index (χ3v) is 2.17. The van der Waals surface area contributed by atoms with Crippen molar-refractivity contribution < 1.29 is 4.92 Å². The SMILES string of the molecule is N#Cc1cn(-c2cccc([N+](=O)[O-])c2)nc1N. The highest BCUT2D eigenvalue weighted by molar-refractivity contribution is 5.50. The summed E-state index contributed by atoms with van der Waals surface area (Å²) in [7, 11) is 0. The topological polar surface area (TPSA) is 111 Å². The van der Waals surface area contributed by atoms with Crippen molar-refractivity contribution >= 4 is 11.5 Å². The van der Waals surface area contributed by atoms with Crippen LogP contribution >= 0.6 is 0 Å². The highest BCUT2D eigenvalue weighted by Gasteiger charge is 2.10. The molecule has 84 valence electrons. The van der Waals surface area contributed by atoms with Crippen molar-refractivity contribution in [1.82, 2.24) is 9.78 Å². The molecule has 0 radical (unpaired) electrons. The minimum Gasteiger partial charge on any atom is -0.381 e. The quantitative estimate of drug-likeness (QED) is 0.615. The summed E-state index contributed by atoms with van der Waals surface area (Å²) in [5.74, 6) is 0.0963. The van der Waals surface area contributed by atoms with E-state index in [-0.39, 0.29) is 17.1 Å². The summed E-state index contributed by atoms with van der Waals surface area (Å²) in [4.78, 5) is 10.1. The van der Waals surface area contributed by atoms with Gasteiger partial charge in [0, 0.05) is 12.1 Å². The summed E-state index contributed by atoms with van der Waals surface area (Å²) < 4.78 is 1.33. The van der Waals surface area contributed by atoms with Gasteiger partial charge in [0.15, 0.2) is 5.82 Å². The maximum atomic E-state index is 10.6. The molecule has 2 N–H and O–H groups in total. The van der Waals surface area contributed by atoms with Crippen molar-refractivity contribution in [3.05, 3.63) is 46.1 Å². The molecule has 0 aliphatic rings. The number of anilines is 1. The molecule has 0 amide bonds. The molecule has 2 aromatic rings. The maximum Gasteiger partial charge on any atom is 0.271 e. The van der Waals surface area contributed by atoms with Crippen LogP contribution in [0.25, 0.3) is 5.69 Å². The zero-order valence-electron chi connectivity index (χ0n) is 8.57. The minimum absolute atomic E-state index is 0.0462. The fourth-order valence-electron chi connectivity index (χ4n) is 1.35. The molecule has 17 heavy (non-hydrogen) atoms. The smallest absolute Gasteiger partial charge is 0.271 e. The van der Waals surface area contributed by atoms with Crippen molar-refractivity contribution in [1.29, 1.82) is 5.26 Å². The second kappa shape index (κ2) is 3.94. The number of nitro benzene ring substituents is 1. The van der Waals surface area contributed by atoms with Gasteiger partial charge < -0.3 is 5.73 Å². The second-order valence-electron chi connectivity index (χ2n) is 3.26. The summed E-state index contributed by atoms with van der Waals surface area (Å²) in [6.45, 7) is 0. The lowest BCUT2D eigenvalue weighted by molar-refractivity contribution is -0.384. The normalized spacial score (nSPS) is 9.82. The monoisotopic (exact) mass is 229 g/mol. The van der Waals surface area contributed by atoms with Crippen LogP contribution < -0.4 is 5.73 Å². The third kappa shape index (κ3) is 1.91. The number of benzene rings is 1. The minimum atomic E-state index is -0.498. The zero-order chi connectivity index (χ0) is 12.4. The van der Waals surface area contributed by atoms with E-state index in [0.29, 0.717) is 5.69 Å². The van der Waals surface area contributed by atoms with Crippen molar-refractivity contribution in [3.8, 4) is 11.8 Å². The summed E-state index contributed by atoms with van der Waals surface area (Å²) in [6.07, 6.45) is 1.42. The third-order valence-electron chi connectivity index (χ3n) is 2.17. The second-order valence-corrected chi connectivity index (χ2v) is 3.26. The van der Waals surface area contributed by atoms with E-state index in [1.54, 1.807) is 6.07 Å². The van der Waals surface area contributed by atoms with E-state index in [0.717, 1.165) is 0 Å². The van der Waals surface area contributed by atoms with Crippen LogP contribution in [-0.2, 0) is 0 Å². The first kappa shape index (κ1) is 10.6. The Labute approximate surface area is 95.8 Å². The molecule has 1 aromatic carbocycles. The molecular weight excluding hydrogens is 222 g/mol. The molecule has 0 aliphatic carbocycles. The van der Waals surface area contributed by atoms with Gasteiger partial charge in [-0.3, -0.25) is 10.1 Å². The first-order valence-electron chi connectivity index (χ1n) is 4.62. The number of non-ortho nitro benzene ring substituents is 1. The number of hydrogen-bond acceptors (Lipinski definition) is 5. The number of nitriles is 1. The predicted octanol–water partition coefficient (Wildman–Crippen LogP) is 1.23. The number of nitrogen functional groups attached to an aromatic ring is 1. The van der Waals surface area contributed by atoms with Gasteiger partial charge in [0.1, 0.15) is 11.6 Å². The number of nitrogens with zero attached hydrogens (tertiary/aromatic N) is 4. The van der Waals surface area contributed by atoms with E-state index < -0.39 is 4.92 Å². The molecule has 0 unspecified atom stereocenters. The summed E-state index contributed by atoms with van der Waals surface area (Å²) in [5, 5.41) is 23.2. The van der Waals surface area contributed by atoms with Crippen molar-refractivity contribution in [3.63, 3.8) is 0 Å². The lowest BCUT2D eigenvalue weighted by Crippen LogP contribution is -1.97. The van der Waals surface area contributed by atoms with Gasteiger partial charge in [-0.25, -0.2) is 4.68 Å². The maximum absolute atomic E-state index is 10.6. The molecule has 7 nitrogen and oxygen atoms in total. The number of aromatic nitrogens is 2. The molecule has 0 bridgehead atoms. The van der Waals surface area contributed by atoms with Gasteiger partial charge in [-0.2, -0.15) is 5.26 Å². The number of hydrogen-bond donors (Lipinski definition) is 1. The Bertz CT molecular complexity index is 626. The molecule has 7 heteroatoms. The summed E-state index contributed by atoms with van der Waals surface area (Å²) >= 11 is 0. The fourth-order valence-corrected chi connectivity index (χ4v) is 1.35. The predicted molar refractivity (Wildman–Crippen MR) is 59.3 cm³/mol. The van der Waals surface area contributed by atoms with Crippen LogP contribution in [0.4, 0.5) is 11.5 Å². The molecular formula is C10H7N5O2. The van der Waals surface area contributed by atoms with Gasteiger partial charge in [0.05, 0.1) is 16.8 Å². The van der Waals surface area contributed by atoms with Gasteiger partial charge in [-0.1, -0.05) is 6.07 Å². The lowest BCUT2D eigenvalue weighted by atomic mass is 10.3. The number of rotatable bonds is 2. The van der Waals surface area contributed by atoms with E-state index >= 15 is 0 Å². The first-order chi connectivity index (χ1) is 8.11. The largest absolute Gasteiger partial charge is 0.381 e. The average molecular weight is 229 g/mol. The molecule has 0 aliphatic heterocycles. The first-order valence-corrected chi connectivity index (χ1v) is 4.62. The van der Waals surface area contributed by atoms with Gasteiger partial charge >= 0.3 is 0 Å². The molecule has 1 heterocycles. The Hall–Kier alpha value is -2.88. The average Bonchev–Trinajstić information content (AvgIpc) is 2.71. The van der Waals surface area contributed by atoms with E-state index in [2.05, 4.69) is 5.10 Å². The Balaban J connectivity index is 2.50. The van der Waals surface area contributed by atoms with Gasteiger partial charge in [0.25, 0.3) is 5.69 Å². The van der Waals surface area contributed by atoms with Crippen LogP contribution in [0.1, 0.15) is 5.56 Å². The van der Waals surface area contributed by atoms with Gasteiger partial charge in [-0.05, 0) is 6.07 Å². The van der Waals surface area contributed by atoms with E-state index in [1.807, 2.05) is 6.07 Å². The number of nitro groups is 1. The van der Waals surface area contributed by atoms with Crippen LogP contribution in [0.5, 0.6) is 0 Å². The molecule has 0 atom stereocenters. The van der Waals surface area contributed by atoms with Gasteiger partial charge in [-0.15, -0.1) is 5.10 Å². The van der Waals surface area contributed by atoms with Crippen molar-refractivity contribution in [2.75, 3.05) is 5.73 Å². The molecule has 1 aromatic heterocycles. The van der Waals surface area contributed by atoms with Crippen LogP contribution in [0.2, 0.25) is 0 Å². The van der Waals surface area contributed by atoms with Crippen molar-refractivity contribution in [2.45, 2.75) is 0 Å². The van der Waals surface area contributed by atoms with Gasteiger partial charge in [0.2, 0.25) is 0 Å². The highest BCUT2D eigenvalue weighted by Crippen LogP contribution is 2.18. The Morgan fingerprint density at radius 3 is 2.88 bits per heavy atom. The number of nitrogens with two attached hydrogens (primary N) is 1. The molecule has 0 fully saturated rings. The molecule has 0 saturated heterocycles. The zero-order valence-corrected chi connectivity index (χ0v) is 8.57. The lowest BCUT2D eigenvalue weighted by Gasteiger charge is -1.99. The van der Waals surface area contributed by atoms with Crippen LogP contribution in [0.15, 0.2) is 30.5 Å². The Kier molecular flexibility index (Phi) is 2.46. The van der Waals surface area contributed by atoms with Crippen LogP contribution in [-0.4, -0.2) is 14.7 Å². The molecule has 0 saturated carbocycles. The van der Waals surface area contributed by atoms with E-state index in [9.17, 15) is 10.1 Å². The van der Waals surface area contributed by atoms with E-state index in [1.165, 1.54) is 29.1 Å². The highest BCUT2D eigenvalue weighted by atomic mass is 16.6. The van der Waals surface area contributed by atoms with E-state index in [4.69, 9.17) is 11.0 Å². The molecule has 2 rings (SSSR count). The standard InChI is InChI=1S/C10H7N5O2/c11-5-7-6-14(13-10(7)12)8-2-1-3-9(4-8)15(16)17/h1-4,6H,(H2,12,13). The Morgan fingerprint density at radius 1 is 1.53 bits per heavy atom. The fraction of sp³-hybridized carbons (Fsp3) is 0.